The Morgan fingerprint density at radius 1 is 1.38 bits per heavy atom. The summed E-state index contributed by atoms with van der Waals surface area (Å²) in [6.45, 7) is 1.42. The first kappa shape index (κ1) is 16.8. The van der Waals surface area contributed by atoms with Gasteiger partial charge in [0.05, 0.1) is 0 Å². The van der Waals surface area contributed by atoms with Crippen molar-refractivity contribution < 1.29 is 14.8 Å². The van der Waals surface area contributed by atoms with E-state index in [1.54, 1.807) is 24.3 Å². The van der Waals surface area contributed by atoms with Crippen molar-refractivity contribution >= 4 is 40.7 Å². The lowest BCUT2D eigenvalue weighted by Crippen LogP contribution is -2.97. The Bertz CT molecular complexity index is 459. The number of carbonyl (C=O) groups is 1. The van der Waals surface area contributed by atoms with Gasteiger partial charge in [-0.05, 0) is 25.0 Å². The number of quaternary nitrogens is 1. The summed E-state index contributed by atoms with van der Waals surface area (Å²) in [5.41, 5.74) is 0.530. The Labute approximate surface area is 139 Å². The second kappa shape index (κ2) is 7.65. The van der Waals surface area contributed by atoms with Crippen molar-refractivity contribution in [3.05, 3.63) is 35.9 Å². The molecule has 0 aliphatic carbocycles. The predicted molar refractivity (Wildman–Crippen MR) is 83.8 cm³/mol. The number of nitrogens with one attached hydrogen (secondary N) is 1. The van der Waals surface area contributed by atoms with Crippen LogP contribution in [0.25, 0.3) is 0 Å². The minimum Gasteiger partial charge on any atom is -0.372 e. The number of carbonyl (C=O) groups excluding carboxylic acids is 1. The van der Waals surface area contributed by atoms with Crippen molar-refractivity contribution in [2.75, 3.05) is 13.2 Å². The van der Waals surface area contributed by atoms with Gasteiger partial charge >= 0.3 is 0 Å². The fourth-order valence-corrected chi connectivity index (χ4v) is 2.64. The van der Waals surface area contributed by atoms with Crippen LogP contribution in [0.5, 0.6) is 0 Å². The summed E-state index contributed by atoms with van der Waals surface area (Å²) in [5.74, 6) is -0.268. The Hall–Kier alpha value is -0.520. The average molecular weight is 353 g/mol. The van der Waals surface area contributed by atoms with Crippen LogP contribution in [0.15, 0.2) is 30.3 Å². The zero-order valence-electron chi connectivity index (χ0n) is 11.4. The van der Waals surface area contributed by atoms with E-state index >= 15 is 0 Å². The summed E-state index contributed by atoms with van der Waals surface area (Å²) < 4.78 is 3.94. The molecule has 21 heavy (non-hydrogen) atoms. The summed E-state index contributed by atoms with van der Waals surface area (Å²) in [4.78, 5) is 12.2. The van der Waals surface area contributed by atoms with Crippen LogP contribution in [-0.4, -0.2) is 35.1 Å². The normalized spacial score (nSPS) is 20.2. The van der Waals surface area contributed by atoms with Gasteiger partial charge in [0.2, 0.25) is 6.17 Å². The zero-order chi connectivity index (χ0) is 15.3. The molecule has 0 aromatic heterocycles. The molecule has 1 aromatic carbocycles. The maximum Gasteiger partial charge on any atom is 0.262 e. The number of hydrogen-bond donors (Lipinski definition) is 2. The third kappa shape index (κ3) is 5.31. The van der Waals surface area contributed by atoms with E-state index in [9.17, 15) is 4.79 Å². The molecule has 2 unspecified atom stereocenters. The third-order valence-electron chi connectivity index (χ3n) is 3.33. The van der Waals surface area contributed by atoms with E-state index in [0.717, 1.165) is 19.4 Å². The molecule has 1 amide bonds. The lowest BCUT2D eigenvalue weighted by atomic mass is 10.2. The van der Waals surface area contributed by atoms with Gasteiger partial charge in [-0.1, -0.05) is 53.0 Å². The topological polar surface area (TPSA) is 54.9 Å². The van der Waals surface area contributed by atoms with E-state index in [4.69, 9.17) is 39.5 Å². The van der Waals surface area contributed by atoms with Crippen molar-refractivity contribution in [1.82, 2.24) is 5.32 Å². The summed E-state index contributed by atoms with van der Waals surface area (Å²) in [7, 11) is 0. The highest BCUT2D eigenvalue weighted by Gasteiger charge is 2.38. The number of rotatable bonds is 5. The molecule has 0 radical (unpaired) electrons. The number of amides is 1. The van der Waals surface area contributed by atoms with Crippen LogP contribution in [0.1, 0.15) is 23.2 Å². The van der Waals surface area contributed by atoms with Crippen molar-refractivity contribution in [3.8, 4) is 0 Å². The lowest BCUT2D eigenvalue weighted by Gasteiger charge is -2.24. The number of ether oxygens (including phenoxy) is 1. The Balaban J connectivity index is 1.94. The minimum atomic E-state index is -1.59. The number of alkyl halides is 3. The molecule has 4 nitrogen and oxygen atoms in total. The van der Waals surface area contributed by atoms with E-state index in [2.05, 4.69) is 5.32 Å². The molecule has 1 saturated heterocycles. The summed E-state index contributed by atoms with van der Waals surface area (Å²) in [6, 6.07) is 8.84. The van der Waals surface area contributed by atoms with Gasteiger partial charge in [-0.15, -0.1) is 0 Å². The largest absolute Gasteiger partial charge is 0.372 e. The second-order valence-electron chi connectivity index (χ2n) is 4.97. The van der Waals surface area contributed by atoms with Crippen molar-refractivity contribution in [2.24, 2.45) is 0 Å². The van der Waals surface area contributed by atoms with E-state index < -0.39 is 9.96 Å². The number of hydrogen-bond acceptors (Lipinski definition) is 2. The number of nitrogens with two attached hydrogens (primary N) is 1. The van der Waals surface area contributed by atoms with Gasteiger partial charge in [-0.25, -0.2) is 0 Å². The smallest absolute Gasteiger partial charge is 0.262 e. The van der Waals surface area contributed by atoms with Gasteiger partial charge in [0.15, 0.2) is 0 Å². The maximum absolute atomic E-state index is 12.2. The Morgan fingerprint density at radius 3 is 2.67 bits per heavy atom. The molecule has 2 atom stereocenters. The minimum absolute atomic E-state index is 0.147. The maximum atomic E-state index is 12.2. The number of benzene rings is 1. The second-order valence-corrected chi connectivity index (χ2v) is 7.33. The predicted octanol–water partition coefficient (Wildman–Crippen LogP) is 1.86. The molecule has 1 heterocycles. The van der Waals surface area contributed by atoms with Gasteiger partial charge in [0.25, 0.3) is 9.70 Å². The van der Waals surface area contributed by atoms with E-state index in [-0.39, 0.29) is 12.0 Å². The molecule has 3 N–H and O–H groups in total. The van der Waals surface area contributed by atoms with Crippen molar-refractivity contribution in [3.63, 3.8) is 0 Å². The third-order valence-corrected chi connectivity index (χ3v) is 4.04. The molecule has 1 aliphatic heterocycles. The molecule has 0 bridgehead atoms. The van der Waals surface area contributed by atoms with Gasteiger partial charge in [0, 0.05) is 12.2 Å². The molecule has 1 fully saturated rings. The van der Waals surface area contributed by atoms with E-state index in [1.807, 2.05) is 11.4 Å². The quantitative estimate of drug-likeness (QED) is 0.628. The number of halogens is 3. The Kier molecular flexibility index (Phi) is 6.14. The van der Waals surface area contributed by atoms with Gasteiger partial charge < -0.3 is 10.1 Å². The first-order valence-electron chi connectivity index (χ1n) is 6.84. The first-order valence-corrected chi connectivity index (χ1v) is 7.98. The van der Waals surface area contributed by atoms with Crippen LogP contribution in [0, 0.1) is 0 Å². The standard InChI is InChI=1S/C14H17Cl3N2O2/c15-14(16,17)13(18-9-11-7-4-8-21-11)19-12(20)10-5-2-1-3-6-10/h1-3,5-6,11,13,18H,4,7-9H2,(H,19,20)/p+1. The molecule has 0 saturated carbocycles. The Morgan fingerprint density at radius 2 is 2.10 bits per heavy atom. The van der Waals surface area contributed by atoms with Crippen molar-refractivity contribution in [2.45, 2.75) is 28.9 Å². The monoisotopic (exact) mass is 351 g/mol. The highest BCUT2D eigenvalue weighted by Crippen LogP contribution is 2.27. The molecule has 116 valence electrons. The van der Waals surface area contributed by atoms with E-state index in [0.29, 0.717) is 12.1 Å². The fraction of sp³-hybridized carbons (Fsp3) is 0.500. The molecule has 1 aliphatic rings. The molecule has 0 spiro atoms. The SMILES string of the molecule is O=C(NC([NH2+]CC1CCCO1)C(Cl)(Cl)Cl)c1ccccc1. The van der Waals surface area contributed by atoms with Gasteiger partial charge in [-0.3, -0.25) is 10.1 Å². The van der Waals surface area contributed by atoms with Gasteiger partial charge in [0.1, 0.15) is 12.6 Å². The highest BCUT2D eigenvalue weighted by molar-refractivity contribution is 6.68. The van der Waals surface area contributed by atoms with Gasteiger partial charge in [-0.2, -0.15) is 0 Å². The fourth-order valence-electron chi connectivity index (χ4n) is 2.21. The summed E-state index contributed by atoms with van der Waals surface area (Å²) in [5, 5.41) is 4.56. The highest BCUT2D eigenvalue weighted by atomic mass is 35.6. The molecule has 7 heteroatoms. The zero-order valence-corrected chi connectivity index (χ0v) is 13.7. The summed E-state index contributed by atoms with van der Waals surface area (Å²) in [6.07, 6.45) is 1.52. The lowest BCUT2D eigenvalue weighted by molar-refractivity contribution is -0.697. The summed E-state index contributed by atoms with van der Waals surface area (Å²) >= 11 is 17.9. The molecular weight excluding hydrogens is 335 g/mol. The van der Waals surface area contributed by atoms with Crippen LogP contribution in [0.3, 0.4) is 0 Å². The molecule has 1 aromatic rings. The molecule has 2 rings (SSSR count). The van der Waals surface area contributed by atoms with Crippen LogP contribution in [0.4, 0.5) is 0 Å². The van der Waals surface area contributed by atoms with Crippen LogP contribution in [0.2, 0.25) is 0 Å². The first-order chi connectivity index (χ1) is 9.97. The van der Waals surface area contributed by atoms with Crippen LogP contribution < -0.4 is 10.6 Å². The molecular formula is C14H18Cl3N2O2+. The van der Waals surface area contributed by atoms with Crippen molar-refractivity contribution in [1.29, 1.82) is 0 Å². The van der Waals surface area contributed by atoms with E-state index in [1.165, 1.54) is 0 Å². The van der Waals surface area contributed by atoms with Crippen LogP contribution >= 0.6 is 34.8 Å². The van der Waals surface area contributed by atoms with Crippen LogP contribution in [-0.2, 0) is 4.74 Å². The average Bonchev–Trinajstić information content (AvgIpc) is 2.96.